The van der Waals surface area contributed by atoms with Crippen LogP contribution in [-0.4, -0.2) is 44.4 Å². The molecule has 26 heavy (non-hydrogen) atoms. The number of rotatable bonds is 6. The van der Waals surface area contributed by atoms with Crippen LogP contribution in [0.3, 0.4) is 0 Å². The summed E-state index contributed by atoms with van der Waals surface area (Å²) in [6, 6.07) is 10.4. The zero-order chi connectivity index (χ0) is 18.4. The monoisotopic (exact) mass is 357 g/mol. The molecule has 1 aromatic carbocycles. The number of hydrogen-bond donors (Lipinski definition) is 2. The molecule has 0 bridgehead atoms. The van der Waals surface area contributed by atoms with Crippen LogP contribution in [0.1, 0.15) is 24.8 Å². The van der Waals surface area contributed by atoms with Crippen molar-refractivity contribution in [2.24, 2.45) is 4.99 Å². The lowest BCUT2D eigenvalue weighted by atomic mass is 10.2. The van der Waals surface area contributed by atoms with E-state index < -0.39 is 0 Å². The lowest BCUT2D eigenvalue weighted by Crippen LogP contribution is -2.44. The first-order chi connectivity index (χ1) is 12.7. The van der Waals surface area contributed by atoms with Gasteiger partial charge in [-0.3, -0.25) is 4.99 Å². The van der Waals surface area contributed by atoms with E-state index in [1.165, 1.54) is 0 Å². The van der Waals surface area contributed by atoms with Crippen molar-refractivity contribution < 1.29 is 9.26 Å². The molecule has 3 rings (SSSR count). The average Bonchev–Trinajstić information content (AvgIpc) is 3.34. The second-order valence-corrected chi connectivity index (χ2v) is 6.31. The summed E-state index contributed by atoms with van der Waals surface area (Å²) in [6.45, 7) is 4.51. The summed E-state index contributed by atoms with van der Waals surface area (Å²) in [6.07, 6.45) is 1.92. The van der Waals surface area contributed by atoms with Crippen LogP contribution in [-0.2, 0) is 13.0 Å². The Labute approximate surface area is 154 Å². The van der Waals surface area contributed by atoms with E-state index in [2.05, 4.69) is 38.7 Å². The number of aromatic nitrogens is 1. The van der Waals surface area contributed by atoms with Gasteiger partial charge in [0.05, 0.1) is 25.0 Å². The molecule has 7 nitrogen and oxygen atoms in total. The molecule has 1 aromatic heterocycles. The summed E-state index contributed by atoms with van der Waals surface area (Å²) in [4.78, 5) is 6.66. The SMILES string of the molecule is CCc1cc(CNC(=NC)NC2CCN(c3ccccc3OC)C2)on1. The molecule has 2 aromatic rings. The summed E-state index contributed by atoms with van der Waals surface area (Å²) in [5.74, 6) is 2.49. The molecule has 0 spiro atoms. The molecule has 0 radical (unpaired) electrons. The number of hydrogen-bond acceptors (Lipinski definition) is 5. The molecule has 0 aliphatic carbocycles. The molecule has 1 unspecified atom stereocenters. The Morgan fingerprint density at radius 2 is 2.27 bits per heavy atom. The third-order valence-electron chi connectivity index (χ3n) is 4.58. The van der Waals surface area contributed by atoms with Crippen molar-refractivity contribution in [3.05, 3.63) is 41.8 Å². The number of nitrogens with zero attached hydrogens (tertiary/aromatic N) is 3. The predicted molar refractivity (Wildman–Crippen MR) is 103 cm³/mol. The Bertz CT molecular complexity index is 743. The second-order valence-electron chi connectivity index (χ2n) is 6.31. The number of methoxy groups -OCH3 is 1. The highest BCUT2D eigenvalue weighted by molar-refractivity contribution is 5.80. The van der Waals surface area contributed by atoms with Crippen molar-refractivity contribution in [2.45, 2.75) is 32.4 Å². The van der Waals surface area contributed by atoms with Gasteiger partial charge in [0.25, 0.3) is 0 Å². The summed E-state index contributed by atoms with van der Waals surface area (Å²) < 4.78 is 10.8. The number of aliphatic imine (C=N–C) groups is 1. The smallest absolute Gasteiger partial charge is 0.191 e. The standard InChI is InChI=1S/C19H27N5O2/c1-4-14-11-16(26-23-14)12-21-19(20-2)22-15-9-10-24(13-15)17-7-5-6-8-18(17)25-3/h5-8,11,15H,4,9-10,12-13H2,1-3H3,(H2,20,21,22). The van der Waals surface area contributed by atoms with Gasteiger partial charge in [-0.25, -0.2) is 0 Å². The van der Waals surface area contributed by atoms with Gasteiger partial charge in [0.15, 0.2) is 11.7 Å². The third kappa shape index (κ3) is 4.28. The summed E-state index contributed by atoms with van der Waals surface area (Å²) in [5.41, 5.74) is 2.10. The minimum Gasteiger partial charge on any atom is -0.495 e. The highest BCUT2D eigenvalue weighted by atomic mass is 16.5. The Kier molecular flexibility index (Phi) is 5.99. The number of guanidine groups is 1. The fourth-order valence-corrected chi connectivity index (χ4v) is 3.15. The molecule has 1 atom stereocenters. The van der Waals surface area contributed by atoms with Gasteiger partial charge >= 0.3 is 0 Å². The third-order valence-corrected chi connectivity index (χ3v) is 4.58. The Morgan fingerprint density at radius 1 is 1.42 bits per heavy atom. The van der Waals surface area contributed by atoms with E-state index in [-0.39, 0.29) is 0 Å². The van der Waals surface area contributed by atoms with Crippen LogP contribution in [0.25, 0.3) is 0 Å². The van der Waals surface area contributed by atoms with Crippen molar-refractivity contribution in [2.75, 3.05) is 32.1 Å². The summed E-state index contributed by atoms with van der Waals surface area (Å²) in [7, 11) is 3.49. The quantitative estimate of drug-likeness (QED) is 0.610. The van der Waals surface area contributed by atoms with Crippen LogP contribution >= 0.6 is 0 Å². The summed E-state index contributed by atoms with van der Waals surface area (Å²) >= 11 is 0. The van der Waals surface area contributed by atoms with E-state index in [1.54, 1.807) is 14.2 Å². The van der Waals surface area contributed by atoms with E-state index in [4.69, 9.17) is 9.26 Å². The Morgan fingerprint density at radius 3 is 3.00 bits per heavy atom. The molecule has 1 fully saturated rings. The number of nitrogens with one attached hydrogen (secondary N) is 2. The van der Waals surface area contributed by atoms with E-state index in [9.17, 15) is 0 Å². The number of anilines is 1. The summed E-state index contributed by atoms with van der Waals surface area (Å²) in [5, 5.41) is 10.8. The maximum atomic E-state index is 5.48. The minimum absolute atomic E-state index is 0.326. The molecule has 0 amide bonds. The van der Waals surface area contributed by atoms with Crippen molar-refractivity contribution in [3.63, 3.8) is 0 Å². The van der Waals surface area contributed by atoms with Gasteiger partial charge in [-0.15, -0.1) is 0 Å². The first-order valence-corrected chi connectivity index (χ1v) is 9.03. The lowest BCUT2D eigenvalue weighted by Gasteiger charge is -2.22. The van der Waals surface area contributed by atoms with Crippen LogP contribution in [0, 0.1) is 0 Å². The highest BCUT2D eigenvalue weighted by Crippen LogP contribution is 2.30. The van der Waals surface area contributed by atoms with Crippen molar-refractivity contribution in [3.8, 4) is 5.75 Å². The molecule has 0 saturated carbocycles. The maximum Gasteiger partial charge on any atom is 0.191 e. The fourth-order valence-electron chi connectivity index (χ4n) is 3.15. The highest BCUT2D eigenvalue weighted by Gasteiger charge is 2.25. The first kappa shape index (κ1) is 18.1. The van der Waals surface area contributed by atoms with Crippen LogP contribution < -0.4 is 20.3 Å². The molecule has 140 valence electrons. The fraction of sp³-hybridized carbons (Fsp3) is 0.474. The van der Waals surface area contributed by atoms with Gasteiger partial charge in [0, 0.05) is 32.2 Å². The van der Waals surface area contributed by atoms with E-state index in [0.717, 1.165) is 54.8 Å². The van der Waals surface area contributed by atoms with E-state index in [0.29, 0.717) is 12.6 Å². The molecule has 1 aliphatic heterocycles. The minimum atomic E-state index is 0.326. The van der Waals surface area contributed by atoms with Gasteiger partial charge in [0.2, 0.25) is 0 Å². The topological polar surface area (TPSA) is 74.9 Å². The van der Waals surface area contributed by atoms with E-state index >= 15 is 0 Å². The molecule has 2 heterocycles. The first-order valence-electron chi connectivity index (χ1n) is 9.03. The molecule has 1 aliphatic rings. The number of aryl methyl sites for hydroxylation is 1. The molecule has 7 heteroatoms. The van der Waals surface area contributed by atoms with Crippen LogP contribution in [0.5, 0.6) is 5.75 Å². The van der Waals surface area contributed by atoms with Crippen LogP contribution in [0.15, 0.2) is 39.8 Å². The normalized spacial score (nSPS) is 17.4. The van der Waals surface area contributed by atoms with Gasteiger partial charge in [0.1, 0.15) is 5.75 Å². The van der Waals surface area contributed by atoms with Gasteiger partial charge in [-0.2, -0.15) is 0 Å². The van der Waals surface area contributed by atoms with Crippen LogP contribution in [0.4, 0.5) is 5.69 Å². The number of ether oxygens (including phenoxy) is 1. The number of para-hydroxylation sites is 2. The average molecular weight is 357 g/mol. The van der Waals surface area contributed by atoms with Crippen molar-refractivity contribution in [1.82, 2.24) is 15.8 Å². The van der Waals surface area contributed by atoms with Gasteiger partial charge < -0.3 is 24.8 Å². The second kappa shape index (κ2) is 8.60. The molecular weight excluding hydrogens is 330 g/mol. The molecular formula is C19H27N5O2. The van der Waals surface area contributed by atoms with E-state index in [1.807, 2.05) is 24.3 Å². The molecule has 1 saturated heterocycles. The lowest BCUT2D eigenvalue weighted by molar-refractivity contribution is 0.374. The zero-order valence-electron chi connectivity index (χ0n) is 15.7. The van der Waals surface area contributed by atoms with Gasteiger partial charge in [-0.05, 0) is 25.0 Å². The maximum absolute atomic E-state index is 5.48. The van der Waals surface area contributed by atoms with Crippen LogP contribution in [0.2, 0.25) is 0 Å². The Hall–Kier alpha value is -2.70. The van der Waals surface area contributed by atoms with Gasteiger partial charge in [-0.1, -0.05) is 24.2 Å². The number of benzene rings is 1. The van der Waals surface area contributed by atoms with Crippen molar-refractivity contribution in [1.29, 1.82) is 0 Å². The Balaban J connectivity index is 1.53. The predicted octanol–water partition coefficient (Wildman–Crippen LogP) is 2.19. The molecule has 2 N–H and O–H groups in total. The zero-order valence-corrected chi connectivity index (χ0v) is 15.7. The largest absolute Gasteiger partial charge is 0.495 e. The van der Waals surface area contributed by atoms with Crippen molar-refractivity contribution >= 4 is 11.6 Å².